The van der Waals surface area contributed by atoms with Crippen molar-refractivity contribution in [2.75, 3.05) is 6.61 Å². The van der Waals surface area contributed by atoms with Crippen molar-refractivity contribution in [1.82, 2.24) is 5.32 Å². The Morgan fingerprint density at radius 3 is 1.11 bits per heavy atom. The number of carbonyl (C=O) groups is 1. The smallest absolute Gasteiger partial charge is 0.220 e. The summed E-state index contributed by atoms with van der Waals surface area (Å²) < 4.78 is 0. The molecule has 1 amide bonds. The Hall–Kier alpha value is -1.13. The lowest BCUT2D eigenvalue weighted by Gasteiger charge is -2.22. The average Bonchev–Trinajstić information content (AvgIpc) is 3.18. The summed E-state index contributed by atoms with van der Waals surface area (Å²) in [6, 6.07) is -0.537. The van der Waals surface area contributed by atoms with E-state index in [9.17, 15) is 15.0 Å². The van der Waals surface area contributed by atoms with Crippen LogP contribution in [-0.4, -0.2) is 34.9 Å². The predicted octanol–water partition coefficient (Wildman–Crippen LogP) is 15.6. The molecule has 0 fully saturated rings. The lowest BCUT2D eigenvalue weighted by molar-refractivity contribution is -0.123. The summed E-state index contributed by atoms with van der Waals surface area (Å²) in [5.74, 6) is -0.0321. The van der Waals surface area contributed by atoms with E-state index in [0.717, 1.165) is 25.7 Å². The number of nitrogens with one attached hydrogen (secondary N) is 1. The van der Waals surface area contributed by atoms with Gasteiger partial charge in [-0.1, -0.05) is 250 Å². The summed E-state index contributed by atoms with van der Waals surface area (Å²) in [7, 11) is 0. The molecular weight excluding hydrogens is 663 g/mol. The molecule has 0 aromatic carbocycles. The summed E-state index contributed by atoms with van der Waals surface area (Å²) in [5.41, 5.74) is 0. The van der Waals surface area contributed by atoms with E-state index in [4.69, 9.17) is 0 Å². The number of hydrogen-bond donors (Lipinski definition) is 3. The summed E-state index contributed by atoms with van der Waals surface area (Å²) >= 11 is 0. The third kappa shape index (κ3) is 42.0. The number of carbonyl (C=O) groups excluding carboxylic acids is 1. The first kappa shape index (κ1) is 52.9. The second kappa shape index (κ2) is 46.3. The molecule has 0 heterocycles. The molecule has 0 aliphatic rings. The van der Waals surface area contributed by atoms with Crippen LogP contribution in [0.1, 0.15) is 271 Å². The molecular formula is C50H97NO3. The minimum absolute atomic E-state index is 0.0321. The van der Waals surface area contributed by atoms with Crippen LogP contribution >= 0.6 is 0 Å². The lowest BCUT2D eigenvalue weighted by atomic mass is 10.0. The highest BCUT2D eigenvalue weighted by molar-refractivity contribution is 5.76. The van der Waals surface area contributed by atoms with Crippen LogP contribution in [0.15, 0.2) is 24.3 Å². The van der Waals surface area contributed by atoms with Crippen LogP contribution in [0, 0.1) is 0 Å². The van der Waals surface area contributed by atoms with Gasteiger partial charge in [0.1, 0.15) is 0 Å². The normalized spacial score (nSPS) is 13.0. The predicted molar refractivity (Wildman–Crippen MR) is 239 cm³/mol. The molecule has 320 valence electrons. The molecule has 0 saturated carbocycles. The van der Waals surface area contributed by atoms with Crippen LogP contribution in [0.5, 0.6) is 0 Å². The number of rotatable bonds is 45. The fourth-order valence-corrected chi connectivity index (χ4v) is 7.71. The first-order valence-corrected chi connectivity index (χ1v) is 24.6. The molecule has 54 heavy (non-hydrogen) atoms. The van der Waals surface area contributed by atoms with E-state index in [1.165, 1.54) is 218 Å². The summed E-state index contributed by atoms with van der Waals surface area (Å²) in [5, 5.41) is 23.3. The standard InChI is InChI=1S/C50H97NO3/c1-3-5-7-9-11-13-15-17-19-21-23-24-25-26-28-29-31-33-35-37-39-41-43-45-49(53)48(47-52)51-50(54)46-44-42-40-38-36-34-32-30-27-22-20-18-16-14-12-10-8-6-4-2/h12,14,16,18,48-49,52-53H,3-11,13,15,17,19-47H2,1-2H3,(H,51,54)/b14-12-,18-16-. The van der Waals surface area contributed by atoms with Gasteiger partial charge in [0, 0.05) is 6.42 Å². The van der Waals surface area contributed by atoms with Crippen LogP contribution in [-0.2, 0) is 4.79 Å². The molecule has 0 bridgehead atoms. The second-order valence-electron chi connectivity index (χ2n) is 16.9. The average molecular weight is 760 g/mol. The van der Waals surface area contributed by atoms with Gasteiger partial charge >= 0.3 is 0 Å². The highest BCUT2D eigenvalue weighted by atomic mass is 16.3. The second-order valence-corrected chi connectivity index (χ2v) is 16.9. The molecule has 4 heteroatoms. The minimum atomic E-state index is -0.660. The summed E-state index contributed by atoms with van der Waals surface area (Å²) in [4.78, 5) is 12.4. The van der Waals surface area contributed by atoms with Crippen molar-refractivity contribution in [3.05, 3.63) is 24.3 Å². The molecule has 0 aliphatic heterocycles. The van der Waals surface area contributed by atoms with Gasteiger partial charge in [0.05, 0.1) is 18.8 Å². The van der Waals surface area contributed by atoms with Crippen molar-refractivity contribution in [3.63, 3.8) is 0 Å². The quantitative estimate of drug-likeness (QED) is 0.0428. The van der Waals surface area contributed by atoms with Gasteiger partial charge in [-0.2, -0.15) is 0 Å². The maximum Gasteiger partial charge on any atom is 0.220 e. The van der Waals surface area contributed by atoms with Crippen molar-refractivity contribution in [2.24, 2.45) is 0 Å². The van der Waals surface area contributed by atoms with E-state index in [-0.39, 0.29) is 12.5 Å². The first-order chi connectivity index (χ1) is 26.7. The molecule has 0 radical (unpaired) electrons. The zero-order valence-corrected chi connectivity index (χ0v) is 36.8. The Balaban J connectivity index is 3.47. The van der Waals surface area contributed by atoms with Crippen LogP contribution in [0.3, 0.4) is 0 Å². The molecule has 3 N–H and O–H groups in total. The molecule has 0 saturated heterocycles. The Bertz CT molecular complexity index is 780. The van der Waals surface area contributed by atoms with E-state index < -0.39 is 12.1 Å². The lowest BCUT2D eigenvalue weighted by Crippen LogP contribution is -2.45. The molecule has 0 aromatic rings. The molecule has 2 unspecified atom stereocenters. The zero-order chi connectivity index (χ0) is 39.3. The third-order valence-electron chi connectivity index (χ3n) is 11.5. The molecule has 4 nitrogen and oxygen atoms in total. The largest absolute Gasteiger partial charge is 0.394 e. The van der Waals surface area contributed by atoms with Gasteiger partial charge in [0.15, 0.2) is 0 Å². The van der Waals surface area contributed by atoms with Gasteiger partial charge in [-0.15, -0.1) is 0 Å². The van der Waals surface area contributed by atoms with Crippen molar-refractivity contribution in [2.45, 2.75) is 283 Å². The molecule has 0 spiro atoms. The number of aliphatic hydroxyl groups is 2. The molecule has 2 atom stereocenters. The Kier molecular flexibility index (Phi) is 45.3. The zero-order valence-electron chi connectivity index (χ0n) is 36.8. The fraction of sp³-hybridized carbons (Fsp3) is 0.900. The number of amides is 1. The van der Waals surface area contributed by atoms with Crippen LogP contribution in [0.2, 0.25) is 0 Å². The van der Waals surface area contributed by atoms with E-state index in [2.05, 4.69) is 43.5 Å². The molecule has 0 rings (SSSR count). The van der Waals surface area contributed by atoms with Crippen molar-refractivity contribution >= 4 is 5.91 Å². The van der Waals surface area contributed by atoms with E-state index in [1.807, 2.05) is 0 Å². The molecule has 0 aliphatic carbocycles. The third-order valence-corrected chi connectivity index (χ3v) is 11.5. The van der Waals surface area contributed by atoms with Gasteiger partial charge in [-0.3, -0.25) is 4.79 Å². The summed E-state index contributed by atoms with van der Waals surface area (Å²) in [6.07, 6.45) is 59.9. The van der Waals surface area contributed by atoms with E-state index >= 15 is 0 Å². The Morgan fingerprint density at radius 1 is 0.444 bits per heavy atom. The fourth-order valence-electron chi connectivity index (χ4n) is 7.71. The molecule has 0 aromatic heterocycles. The van der Waals surface area contributed by atoms with Gasteiger partial charge in [-0.05, 0) is 38.5 Å². The van der Waals surface area contributed by atoms with Gasteiger partial charge in [-0.25, -0.2) is 0 Å². The maximum atomic E-state index is 12.4. The first-order valence-electron chi connectivity index (χ1n) is 24.6. The van der Waals surface area contributed by atoms with Crippen molar-refractivity contribution < 1.29 is 15.0 Å². The van der Waals surface area contributed by atoms with Crippen LogP contribution < -0.4 is 5.32 Å². The van der Waals surface area contributed by atoms with E-state index in [0.29, 0.717) is 12.8 Å². The monoisotopic (exact) mass is 760 g/mol. The van der Waals surface area contributed by atoms with Gasteiger partial charge in [0.25, 0.3) is 0 Å². The van der Waals surface area contributed by atoms with Crippen molar-refractivity contribution in [1.29, 1.82) is 0 Å². The SMILES string of the molecule is CCCCC/C=C\C=C/CCCCCCCCCCCCC(=O)NC(CO)C(O)CCCCCCCCCCCCCCCCCCCCCCCCC. The van der Waals surface area contributed by atoms with Crippen LogP contribution in [0.4, 0.5) is 0 Å². The van der Waals surface area contributed by atoms with E-state index in [1.54, 1.807) is 0 Å². The number of unbranched alkanes of at least 4 members (excludes halogenated alkanes) is 35. The number of allylic oxidation sites excluding steroid dienone is 4. The summed E-state index contributed by atoms with van der Waals surface area (Å²) in [6.45, 7) is 4.35. The number of hydrogen-bond acceptors (Lipinski definition) is 3. The highest BCUT2D eigenvalue weighted by Gasteiger charge is 2.20. The van der Waals surface area contributed by atoms with Gasteiger partial charge in [0.2, 0.25) is 5.91 Å². The Morgan fingerprint density at radius 2 is 0.741 bits per heavy atom. The number of aliphatic hydroxyl groups excluding tert-OH is 2. The van der Waals surface area contributed by atoms with Gasteiger partial charge < -0.3 is 15.5 Å². The topological polar surface area (TPSA) is 69.6 Å². The highest BCUT2D eigenvalue weighted by Crippen LogP contribution is 2.17. The maximum absolute atomic E-state index is 12.4. The Labute approximate surface area is 339 Å². The van der Waals surface area contributed by atoms with Crippen LogP contribution in [0.25, 0.3) is 0 Å². The minimum Gasteiger partial charge on any atom is -0.394 e. The van der Waals surface area contributed by atoms with Crippen molar-refractivity contribution in [3.8, 4) is 0 Å².